The predicted molar refractivity (Wildman–Crippen MR) is 113 cm³/mol. The van der Waals surface area contributed by atoms with E-state index in [1.54, 1.807) is 6.21 Å². The van der Waals surface area contributed by atoms with Gasteiger partial charge in [0.05, 0.1) is 6.21 Å². The lowest BCUT2D eigenvalue weighted by molar-refractivity contribution is -0.126. The van der Waals surface area contributed by atoms with Gasteiger partial charge < -0.3 is 10.2 Å². The summed E-state index contributed by atoms with van der Waals surface area (Å²) in [5, 5.41) is 6.76. The molecule has 0 bridgehead atoms. The average Bonchev–Trinajstić information content (AvgIpc) is 2.73. The van der Waals surface area contributed by atoms with Crippen LogP contribution in [0.25, 0.3) is 0 Å². The van der Waals surface area contributed by atoms with Crippen LogP contribution in [-0.4, -0.2) is 31.1 Å². The van der Waals surface area contributed by atoms with E-state index < -0.39 is 0 Å². The number of benzene rings is 2. The highest BCUT2D eigenvalue weighted by Gasteiger charge is 2.06. The monoisotopic (exact) mass is 380 g/mol. The molecule has 0 spiro atoms. The number of amides is 2. The number of nitrogens with one attached hydrogen (secondary N) is 2. The minimum absolute atomic E-state index is 0.0961. The topological polar surface area (TPSA) is 73.8 Å². The molecule has 28 heavy (non-hydrogen) atoms. The van der Waals surface area contributed by atoms with Crippen LogP contribution in [0.4, 0.5) is 5.69 Å². The SMILES string of the molecule is CCN(CC)c1ccc(C=NNC(=O)CCC(=O)NCc2ccccc2)cc1. The van der Waals surface area contributed by atoms with Gasteiger partial charge in [-0.25, -0.2) is 5.43 Å². The van der Waals surface area contributed by atoms with Crippen LogP contribution in [0.5, 0.6) is 0 Å². The quantitative estimate of drug-likeness (QED) is 0.491. The lowest BCUT2D eigenvalue weighted by Gasteiger charge is -2.20. The van der Waals surface area contributed by atoms with Crippen LogP contribution in [0.15, 0.2) is 59.7 Å². The van der Waals surface area contributed by atoms with Gasteiger partial charge in [-0.05, 0) is 37.1 Å². The Labute approximate surface area is 166 Å². The Morgan fingerprint density at radius 3 is 2.21 bits per heavy atom. The fraction of sp³-hybridized carbons (Fsp3) is 0.318. The molecular formula is C22H28N4O2. The maximum Gasteiger partial charge on any atom is 0.240 e. The van der Waals surface area contributed by atoms with E-state index in [2.05, 4.69) is 34.6 Å². The molecule has 2 N–H and O–H groups in total. The molecule has 0 aromatic heterocycles. The van der Waals surface area contributed by atoms with Crippen molar-refractivity contribution in [3.8, 4) is 0 Å². The van der Waals surface area contributed by atoms with E-state index in [-0.39, 0.29) is 24.7 Å². The molecule has 0 atom stereocenters. The van der Waals surface area contributed by atoms with E-state index in [9.17, 15) is 9.59 Å². The summed E-state index contributed by atoms with van der Waals surface area (Å²) in [6, 6.07) is 17.6. The Morgan fingerprint density at radius 1 is 0.929 bits per heavy atom. The highest BCUT2D eigenvalue weighted by Crippen LogP contribution is 2.13. The molecule has 0 saturated carbocycles. The second kappa shape index (κ2) is 11.5. The van der Waals surface area contributed by atoms with E-state index in [4.69, 9.17) is 0 Å². The highest BCUT2D eigenvalue weighted by molar-refractivity contribution is 5.85. The summed E-state index contributed by atoms with van der Waals surface area (Å²) in [6.45, 7) is 6.62. The zero-order valence-electron chi connectivity index (χ0n) is 16.5. The number of hydrazone groups is 1. The molecule has 0 aliphatic carbocycles. The van der Waals surface area contributed by atoms with Crippen molar-refractivity contribution in [3.05, 3.63) is 65.7 Å². The van der Waals surface area contributed by atoms with Crippen LogP contribution in [0.3, 0.4) is 0 Å². The Bertz CT molecular complexity index is 769. The van der Waals surface area contributed by atoms with Gasteiger partial charge in [-0.1, -0.05) is 42.5 Å². The predicted octanol–water partition coefficient (Wildman–Crippen LogP) is 3.08. The minimum Gasteiger partial charge on any atom is -0.372 e. The third kappa shape index (κ3) is 7.23. The fourth-order valence-electron chi connectivity index (χ4n) is 2.71. The smallest absolute Gasteiger partial charge is 0.240 e. The normalized spacial score (nSPS) is 10.6. The summed E-state index contributed by atoms with van der Waals surface area (Å²) < 4.78 is 0. The first-order valence-electron chi connectivity index (χ1n) is 9.60. The second-order valence-electron chi connectivity index (χ2n) is 6.32. The van der Waals surface area contributed by atoms with Gasteiger partial charge in [-0.3, -0.25) is 9.59 Å². The third-order valence-corrected chi connectivity index (χ3v) is 4.34. The number of hydrogen-bond donors (Lipinski definition) is 2. The van der Waals surface area contributed by atoms with Crippen LogP contribution < -0.4 is 15.6 Å². The molecule has 0 saturated heterocycles. The first kappa shape index (κ1) is 21.2. The van der Waals surface area contributed by atoms with Crippen molar-refractivity contribution >= 4 is 23.7 Å². The molecule has 6 heteroatoms. The molecule has 0 heterocycles. The Balaban J connectivity index is 1.69. The Morgan fingerprint density at radius 2 is 1.57 bits per heavy atom. The number of nitrogens with zero attached hydrogens (tertiary/aromatic N) is 2. The summed E-state index contributed by atoms with van der Waals surface area (Å²) >= 11 is 0. The lowest BCUT2D eigenvalue weighted by atomic mass is 10.2. The molecule has 6 nitrogen and oxygen atoms in total. The highest BCUT2D eigenvalue weighted by atomic mass is 16.2. The van der Waals surface area contributed by atoms with Gasteiger partial charge in [0.2, 0.25) is 11.8 Å². The van der Waals surface area contributed by atoms with Gasteiger partial charge in [0.1, 0.15) is 0 Å². The van der Waals surface area contributed by atoms with Crippen LogP contribution in [0, 0.1) is 0 Å². The van der Waals surface area contributed by atoms with Gasteiger partial charge in [0.15, 0.2) is 0 Å². The summed E-state index contributed by atoms with van der Waals surface area (Å²) in [7, 11) is 0. The van der Waals surface area contributed by atoms with Crippen molar-refractivity contribution < 1.29 is 9.59 Å². The number of carbonyl (C=O) groups is 2. The van der Waals surface area contributed by atoms with E-state index in [0.717, 1.165) is 29.9 Å². The first-order valence-corrected chi connectivity index (χ1v) is 9.60. The summed E-state index contributed by atoms with van der Waals surface area (Å²) in [6.07, 6.45) is 1.82. The molecule has 0 fully saturated rings. The maximum atomic E-state index is 11.8. The van der Waals surface area contributed by atoms with E-state index in [1.807, 2.05) is 54.6 Å². The standard InChI is InChI=1S/C22H28N4O2/c1-3-26(4-2)20-12-10-19(11-13-20)17-24-25-22(28)15-14-21(27)23-16-18-8-6-5-7-9-18/h5-13,17H,3-4,14-16H2,1-2H3,(H,23,27)(H,25,28). The van der Waals surface area contributed by atoms with Gasteiger partial charge in [0.25, 0.3) is 0 Å². The van der Waals surface area contributed by atoms with E-state index in [0.29, 0.717) is 6.54 Å². The maximum absolute atomic E-state index is 11.8. The molecule has 0 radical (unpaired) electrons. The average molecular weight is 380 g/mol. The molecule has 2 rings (SSSR count). The van der Waals surface area contributed by atoms with Gasteiger partial charge >= 0.3 is 0 Å². The molecule has 0 aliphatic heterocycles. The zero-order valence-corrected chi connectivity index (χ0v) is 16.5. The Hall–Kier alpha value is -3.15. The van der Waals surface area contributed by atoms with Crippen LogP contribution in [0.2, 0.25) is 0 Å². The van der Waals surface area contributed by atoms with Crippen molar-refractivity contribution in [2.75, 3.05) is 18.0 Å². The summed E-state index contributed by atoms with van der Waals surface area (Å²) in [5.74, 6) is -0.444. The van der Waals surface area contributed by atoms with Gasteiger partial charge in [-0.2, -0.15) is 5.10 Å². The van der Waals surface area contributed by atoms with Crippen molar-refractivity contribution in [2.24, 2.45) is 5.10 Å². The fourth-order valence-corrected chi connectivity index (χ4v) is 2.71. The van der Waals surface area contributed by atoms with Crippen LogP contribution >= 0.6 is 0 Å². The number of rotatable bonds is 10. The van der Waals surface area contributed by atoms with Crippen molar-refractivity contribution in [1.82, 2.24) is 10.7 Å². The minimum atomic E-state index is -0.286. The van der Waals surface area contributed by atoms with Gasteiger partial charge in [0, 0.05) is 38.2 Å². The van der Waals surface area contributed by atoms with Crippen LogP contribution in [0.1, 0.15) is 37.8 Å². The second-order valence-corrected chi connectivity index (χ2v) is 6.32. The molecular weight excluding hydrogens is 352 g/mol. The molecule has 2 aromatic carbocycles. The van der Waals surface area contributed by atoms with Crippen molar-refractivity contribution in [1.29, 1.82) is 0 Å². The number of carbonyl (C=O) groups excluding carboxylic acids is 2. The van der Waals surface area contributed by atoms with Crippen LogP contribution in [-0.2, 0) is 16.1 Å². The number of hydrogen-bond acceptors (Lipinski definition) is 4. The van der Waals surface area contributed by atoms with Gasteiger partial charge in [-0.15, -0.1) is 0 Å². The van der Waals surface area contributed by atoms with E-state index >= 15 is 0 Å². The lowest BCUT2D eigenvalue weighted by Crippen LogP contribution is -2.25. The van der Waals surface area contributed by atoms with Crippen molar-refractivity contribution in [3.63, 3.8) is 0 Å². The van der Waals surface area contributed by atoms with E-state index in [1.165, 1.54) is 0 Å². The molecule has 2 amide bonds. The largest absolute Gasteiger partial charge is 0.372 e. The molecule has 0 aliphatic rings. The summed E-state index contributed by atoms with van der Waals surface area (Å²) in [4.78, 5) is 25.9. The third-order valence-electron chi connectivity index (χ3n) is 4.34. The Kier molecular flexibility index (Phi) is 8.72. The molecule has 0 unspecified atom stereocenters. The molecule has 2 aromatic rings. The zero-order chi connectivity index (χ0) is 20.2. The molecule has 148 valence electrons. The van der Waals surface area contributed by atoms with Crippen molar-refractivity contribution in [2.45, 2.75) is 33.2 Å². The first-order chi connectivity index (χ1) is 13.6. The summed E-state index contributed by atoms with van der Waals surface area (Å²) in [5.41, 5.74) is 5.54. The number of anilines is 1.